The molecule has 150 valence electrons. The van der Waals surface area contributed by atoms with Gasteiger partial charge in [0.25, 0.3) is 10.0 Å². The van der Waals surface area contributed by atoms with Gasteiger partial charge in [-0.1, -0.05) is 57.2 Å². The molecule has 0 unspecified atom stereocenters. The zero-order valence-corrected chi connectivity index (χ0v) is 17.7. The molecule has 7 heteroatoms. The van der Waals surface area contributed by atoms with Crippen LogP contribution in [0.2, 0.25) is 0 Å². The van der Waals surface area contributed by atoms with E-state index in [2.05, 4.69) is 35.6 Å². The third-order valence-electron chi connectivity index (χ3n) is 4.89. The monoisotopic (exact) mass is 408 g/mol. The maximum absolute atomic E-state index is 13.0. The minimum absolute atomic E-state index is 0.0415. The van der Waals surface area contributed by atoms with E-state index in [0.29, 0.717) is 11.5 Å². The molecule has 0 amide bonds. The second-order valence-electron chi connectivity index (χ2n) is 8.19. The number of anilines is 1. The molecule has 0 saturated heterocycles. The number of hydrogen-bond acceptors (Lipinski definition) is 3. The lowest BCUT2D eigenvalue weighted by Gasteiger charge is -2.19. The van der Waals surface area contributed by atoms with Gasteiger partial charge in [0.1, 0.15) is 11.6 Å². The van der Waals surface area contributed by atoms with E-state index in [0.717, 1.165) is 22.2 Å². The van der Waals surface area contributed by atoms with Crippen LogP contribution >= 0.6 is 0 Å². The highest BCUT2D eigenvalue weighted by Crippen LogP contribution is 2.27. The number of rotatable bonds is 4. The first kappa shape index (κ1) is 19.3. The number of fused-ring (bicyclic) bond motifs is 1. The molecule has 0 aliphatic heterocycles. The van der Waals surface area contributed by atoms with E-state index < -0.39 is 10.0 Å². The molecule has 4 rings (SSSR count). The number of aromatic amines is 1. The van der Waals surface area contributed by atoms with Crippen LogP contribution in [0.1, 0.15) is 32.0 Å². The Bertz CT molecular complexity index is 1280. The normalized spacial score (nSPS) is 12.4. The average Bonchev–Trinajstić information content (AvgIpc) is 3.23. The van der Waals surface area contributed by atoms with Gasteiger partial charge in [-0.3, -0.25) is 4.72 Å². The summed E-state index contributed by atoms with van der Waals surface area (Å²) in [5.74, 6) is 1.10. The minimum atomic E-state index is -3.75. The van der Waals surface area contributed by atoms with Crippen molar-refractivity contribution in [3.05, 3.63) is 72.1 Å². The molecular weight excluding hydrogens is 384 g/mol. The number of nitrogens with one attached hydrogen (secondary N) is 2. The summed E-state index contributed by atoms with van der Waals surface area (Å²) in [6.07, 6.45) is 1.88. The maximum Gasteiger partial charge on any atom is 0.263 e. The molecule has 6 nitrogen and oxygen atoms in total. The second-order valence-corrected chi connectivity index (χ2v) is 9.87. The van der Waals surface area contributed by atoms with Crippen molar-refractivity contribution in [2.24, 2.45) is 0 Å². The fourth-order valence-electron chi connectivity index (χ4n) is 3.31. The van der Waals surface area contributed by atoms with Crippen LogP contribution < -0.4 is 4.72 Å². The minimum Gasteiger partial charge on any atom is -0.345 e. The standard InChI is InChI=1S/C22H24N4O2S/c1-15-13-20(26(24-15)21-19-8-6-5-7-16(19)14-23-21)25-29(27,28)18-11-9-17(10-12-18)22(2,3)4/h5-14,23,25H,1-4H3. The van der Waals surface area contributed by atoms with Gasteiger partial charge in [0.15, 0.2) is 0 Å². The van der Waals surface area contributed by atoms with E-state index in [1.807, 2.05) is 49.5 Å². The van der Waals surface area contributed by atoms with Crippen LogP contribution in [-0.4, -0.2) is 23.2 Å². The van der Waals surface area contributed by atoms with Crippen LogP contribution in [0, 0.1) is 6.92 Å². The molecule has 0 bridgehead atoms. The third kappa shape index (κ3) is 3.65. The van der Waals surface area contributed by atoms with Gasteiger partial charge in [-0.2, -0.15) is 9.78 Å². The summed E-state index contributed by atoms with van der Waals surface area (Å²) in [7, 11) is -3.75. The van der Waals surface area contributed by atoms with Crippen LogP contribution in [0.5, 0.6) is 0 Å². The highest BCUT2D eigenvalue weighted by atomic mass is 32.2. The number of benzene rings is 2. The van der Waals surface area contributed by atoms with Gasteiger partial charge in [-0.15, -0.1) is 0 Å². The molecule has 4 aromatic rings. The Kier molecular flexibility index (Phi) is 4.50. The Balaban J connectivity index is 1.72. The lowest BCUT2D eigenvalue weighted by Crippen LogP contribution is -2.17. The Morgan fingerprint density at radius 3 is 2.41 bits per heavy atom. The van der Waals surface area contributed by atoms with Crippen molar-refractivity contribution < 1.29 is 8.42 Å². The first-order chi connectivity index (χ1) is 13.6. The van der Waals surface area contributed by atoms with E-state index >= 15 is 0 Å². The fourth-order valence-corrected chi connectivity index (χ4v) is 4.34. The number of aromatic nitrogens is 3. The predicted molar refractivity (Wildman–Crippen MR) is 116 cm³/mol. The molecule has 2 N–H and O–H groups in total. The number of sulfonamides is 1. The largest absolute Gasteiger partial charge is 0.345 e. The molecule has 0 fully saturated rings. The summed E-state index contributed by atoms with van der Waals surface area (Å²) >= 11 is 0. The lowest BCUT2D eigenvalue weighted by molar-refractivity contribution is 0.587. The van der Waals surface area contributed by atoms with Crippen LogP contribution in [0.25, 0.3) is 16.6 Å². The van der Waals surface area contributed by atoms with Crippen LogP contribution in [-0.2, 0) is 15.4 Å². The molecule has 0 atom stereocenters. The number of H-pyrrole nitrogens is 1. The molecule has 0 spiro atoms. The zero-order chi connectivity index (χ0) is 20.8. The third-order valence-corrected chi connectivity index (χ3v) is 6.26. The molecular formula is C22H24N4O2S. The van der Waals surface area contributed by atoms with Crippen LogP contribution in [0.15, 0.2) is 65.7 Å². The number of aryl methyl sites for hydroxylation is 1. The van der Waals surface area contributed by atoms with Crippen molar-refractivity contribution >= 4 is 26.6 Å². The van der Waals surface area contributed by atoms with Gasteiger partial charge in [0.2, 0.25) is 0 Å². The van der Waals surface area contributed by atoms with Gasteiger partial charge in [-0.05, 0) is 30.0 Å². The lowest BCUT2D eigenvalue weighted by atomic mass is 9.87. The molecule has 2 aromatic heterocycles. The smallest absolute Gasteiger partial charge is 0.263 e. The summed E-state index contributed by atoms with van der Waals surface area (Å²) in [6.45, 7) is 8.11. The molecule has 0 aliphatic rings. The van der Waals surface area contributed by atoms with Crippen LogP contribution in [0.3, 0.4) is 0 Å². The molecule has 2 aromatic carbocycles. The summed E-state index contributed by atoms with van der Waals surface area (Å²) in [4.78, 5) is 3.41. The van der Waals surface area contributed by atoms with Crippen molar-refractivity contribution in [2.75, 3.05) is 4.72 Å². The van der Waals surface area contributed by atoms with Crippen molar-refractivity contribution in [2.45, 2.75) is 38.0 Å². The Labute approximate surface area is 170 Å². The number of hydrogen-bond donors (Lipinski definition) is 2. The molecule has 2 heterocycles. The van der Waals surface area contributed by atoms with Crippen molar-refractivity contribution in [1.82, 2.24) is 14.8 Å². The predicted octanol–water partition coefficient (Wildman–Crippen LogP) is 4.76. The Hall–Kier alpha value is -3.06. The van der Waals surface area contributed by atoms with Crippen molar-refractivity contribution in [3.63, 3.8) is 0 Å². The van der Waals surface area contributed by atoms with Gasteiger partial charge in [0.05, 0.1) is 10.6 Å². The van der Waals surface area contributed by atoms with Gasteiger partial charge in [0, 0.05) is 23.0 Å². The SMILES string of the molecule is Cc1cc(NS(=O)(=O)c2ccc(C(C)(C)C)cc2)n(-c2[nH]cc3ccccc23)n1. The quantitative estimate of drug-likeness (QED) is 0.511. The Morgan fingerprint density at radius 2 is 1.72 bits per heavy atom. The molecule has 0 radical (unpaired) electrons. The van der Waals surface area contributed by atoms with Gasteiger partial charge < -0.3 is 4.98 Å². The molecule has 0 saturated carbocycles. The summed E-state index contributed by atoms with van der Waals surface area (Å²) in [6, 6.07) is 16.6. The second kappa shape index (κ2) is 6.77. The first-order valence-electron chi connectivity index (χ1n) is 9.42. The number of nitrogens with zero attached hydrogens (tertiary/aromatic N) is 2. The van der Waals surface area contributed by atoms with Gasteiger partial charge >= 0.3 is 0 Å². The van der Waals surface area contributed by atoms with E-state index in [4.69, 9.17) is 0 Å². The van der Waals surface area contributed by atoms with E-state index in [-0.39, 0.29) is 10.3 Å². The zero-order valence-electron chi connectivity index (χ0n) is 16.9. The maximum atomic E-state index is 13.0. The highest BCUT2D eigenvalue weighted by molar-refractivity contribution is 7.92. The van der Waals surface area contributed by atoms with E-state index in [1.54, 1.807) is 22.9 Å². The highest BCUT2D eigenvalue weighted by Gasteiger charge is 2.21. The molecule has 0 aliphatic carbocycles. The van der Waals surface area contributed by atoms with E-state index in [1.165, 1.54) is 0 Å². The van der Waals surface area contributed by atoms with Gasteiger partial charge in [-0.25, -0.2) is 8.42 Å². The van der Waals surface area contributed by atoms with Crippen LogP contribution in [0.4, 0.5) is 5.82 Å². The van der Waals surface area contributed by atoms with Crippen molar-refractivity contribution in [1.29, 1.82) is 0 Å². The molecule has 29 heavy (non-hydrogen) atoms. The van der Waals surface area contributed by atoms with Crippen molar-refractivity contribution in [3.8, 4) is 5.82 Å². The Morgan fingerprint density at radius 1 is 1.03 bits per heavy atom. The summed E-state index contributed by atoms with van der Waals surface area (Å²) in [5, 5.41) is 6.48. The fraction of sp³-hybridized carbons (Fsp3) is 0.227. The topological polar surface area (TPSA) is 79.8 Å². The summed E-state index contributed by atoms with van der Waals surface area (Å²) in [5.41, 5.74) is 1.75. The summed E-state index contributed by atoms with van der Waals surface area (Å²) < 4.78 is 30.3. The van der Waals surface area contributed by atoms with E-state index in [9.17, 15) is 8.42 Å². The first-order valence-corrected chi connectivity index (χ1v) is 10.9. The average molecular weight is 409 g/mol.